The average Bonchev–Trinajstić information content (AvgIpc) is 2.59. The molecule has 0 amide bonds. The number of nitroso groups, excluding NO2 is 1. The molecular weight excluding hydrogens is 294 g/mol. The van der Waals surface area contributed by atoms with Gasteiger partial charge in [-0.1, -0.05) is 29.4 Å². The highest BCUT2D eigenvalue weighted by Gasteiger charge is 2.19. The standard InChI is InChI=1S/C18H19NO4/c1-11(18(20)21)16-10-15(7-8-17(16)23-3)14-6-4-5-13(9-14)12(2)19-22/h4-12H,1-3H3,(H,20,21). The summed E-state index contributed by atoms with van der Waals surface area (Å²) in [6.07, 6.45) is 0. The highest BCUT2D eigenvalue weighted by Crippen LogP contribution is 2.33. The molecule has 0 saturated carbocycles. The summed E-state index contributed by atoms with van der Waals surface area (Å²) in [7, 11) is 1.52. The topological polar surface area (TPSA) is 76.0 Å². The van der Waals surface area contributed by atoms with Crippen LogP contribution in [0.5, 0.6) is 5.75 Å². The Morgan fingerprint density at radius 2 is 1.83 bits per heavy atom. The first-order valence-corrected chi connectivity index (χ1v) is 7.31. The maximum Gasteiger partial charge on any atom is 0.310 e. The summed E-state index contributed by atoms with van der Waals surface area (Å²) < 4.78 is 5.27. The Kier molecular flexibility index (Phi) is 5.11. The van der Waals surface area contributed by atoms with Crippen molar-refractivity contribution in [2.75, 3.05) is 7.11 Å². The Morgan fingerprint density at radius 1 is 1.13 bits per heavy atom. The second kappa shape index (κ2) is 7.05. The van der Waals surface area contributed by atoms with Crippen molar-refractivity contribution < 1.29 is 14.6 Å². The lowest BCUT2D eigenvalue weighted by atomic mass is 9.94. The van der Waals surface area contributed by atoms with E-state index in [9.17, 15) is 14.8 Å². The number of hydrogen-bond acceptors (Lipinski definition) is 4. The first kappa shape index (κ1) is 16.7. The number of nitrogens with zero attached hydrogens (tertiary/aromatic N) is 1. The summed E-state index contributed by atoms with van der Waals surface area (Å²) in [5.41, 5.74) is 3.21. The van der Waals surface area contributed by atoms with E-state index < -0.39 is 17.9 Å². The molecule has 0 aliphatic rings. The van der Waals surface area contributed by atoms with E-state index in [1.165, 1.54) is 7.11 Å². The van der Waals surface area contributed by atoms with Gasteiger partial charge in [-0.15, -0.1) is 0 Å². The summed E-state index contributed by atoms with van der Waals surface area (Å²) in [5, 5.41) is 12.3. The van der Waals surface area contributed by atoms with Gasteiger partial charge in [0.15, 0.2) is 0 Å². The fraction of sp³-hybridized carbons (Fsp3) is 0.278. The molecule has 0 aliphatic carbocycles. The Balaban J connectivity index is 2.50. The number of rotatable bonds is 6. The predicted molar refractivity (Wildman–Crippen MR) is 88.7 cm³/mol. The third-order valence-electron chi connectivity index (χ3n) is 3.93. The Bertz CT molecular complexity index is 727. The Morgan fingerprint density at radius 3 is 2.43 bits per heavy atom. The van der Waals surface area contributed by atoms with Crippen LogP contribution in [0.2, 0.25) is 0 Å². The molecule has 0 aromatic heterocycles. The summed E-state index contributed by atoms with van der Waals surface area (Å²) in [6.45, 7) is 3.36. The average molecular weight is 313 g/mol. The molecule has 0 saturated heterocycles. The van der Waals surface area contributed by atoms with Crippen molar-refractivity contribution in [1.82, 2.24) is 0 Å². The zero-order valence-electron chi connectivity index (χ0n) is 13.3. The minimum absolute atomic E-state index is 0.425. The van der Waals surface area contributed by atoms with E-state index in [2.05, 4.69) is 5.18 Å². The van der Waals surface area contributed by atoms with E-state index in [0.29, 0.717) is 11.3 Å². The second-order valence-electron chi connectivity index (χ2n) is 5.42. The lowest BCUT2D eigenvalue weighted by molar-refractivity contribution is -0.138. The molecule has 0 heterocycles. The molecule has 0 bridgehead atoms. The van der Waals surface area contributed by atoms with Crippen LogP contribution >= 0.6 is 0 Å². The fourth-order valence-corrected chi connectivity index (χ4v) is 2.42. The molecule has 5 nitrogen and oxygen atoms in total. The van der Waals surface area contributed by atoms with Crippen LogP contribution in [-0.4, -0.2) is 18.2 Å². The first-order valence-electron chi connectivity index (χ1n) is 7.31. The SMILES string of the molecule is COc1ccc(-c2cccc(C(C)N=O)c2)cc1C(C)C(=O)O. The van der Waals surface area contributed by atoms with Crippen LogP contribution in [-0.2, 0) is 4.79 Å². The van der Waals surface area contributed by atoms with Crippen molar-refractivity contribution in [3.63, 3.8) is 0 Å². The lowest BCUT2D eigenvalue weighted by Crippen LogP contribution is -2.09. The molecule has 0 spiro atoms. The van der Waals surface area contributed by atoms with Gasteiger partial charge in [-0.2, -0.15) is 4.91 Å². The molecular formula is C18H19NO4. The number of carboxylic acids is 1. The van der Waals surface area contributed by atoms with Gasteiger partial charge in [0.2, 0.25) is 0 Å². The molecule has 2 atom stereocenters. The van der Waals surface area contributed by atoms with Crippen LogP contribution in [0.15, 0.2) is 47.6 Å². The molecule has 5 heteroatoms. The molecule has 1 N–H and O–H groups in total. The summed E-state index contributed by atoms with van der Waals surface area (Å²) in [4.78, 5) is 22.0. The first-order chi connectivity index (χ1) is 11.0. The maximum atomic E-state index is 11.3. The van der Waals surface area contributed by atoms with Crippen LogP contribution in [0.1, 0.15) is 36.9 Å². The van der Waals surface area contributed by atoms with Gasteiger partial charge in [-0.3, -0.25) is 4.79 Å². The summed E-state index contributed by atoms with van der Waals surface area (Å²) in [6, 6.07) is 12.5. The fourth-order valence-electron chi connectivity index (χ4n) is 2.42. The van der Waals surface area contributed by atoms with E-state index in [0.717, 1.165) is 16.7 Å². The minimum Gasteiger partial charge on any atom is -0.496 e. The Labute approximate surface area is 134 Å². The predicted octanol–water partition coefficient (Wildman–Crippen LogP) is 4.38. The number of ether oxygens (including phenoxy) is 1. The Hall–Kier alpha value is -2.69. The number of aliphatic carboxylic acids is 1. The van der Waals surface area contributed by atoms with Gasteiger partial charge < -0.3 is 9.84 Å². The molecule has 0 radical (unpaired) electrons. The quantitative estimate of drug-likeness (QED) is 0.803. The zero-order chi connectivity index (χ0) is 17.0. The van der Waals surface area contributed by atoms with Crippen molar-refractivity contribution in [3.8, 4) is 16.9 Å². The largest absolute Gasteiger partial charge is 0.496 e. The van der Waals surface area contributed by atoms with E-state index in [4.69, 9.17) is 4.74 Å². The highest BCUT2D eigenvalue weighted by molar-refractivity contribution is 5.78. The number of benzene rings is 2. The number of hydrogen-bond donors (Lipinski definition) is 1. The molecule has 2 unspecified atom stereocenters. The van der Waals surface area contributed by atoms with E-state index in [1.54, 1.807) is 19.9 Å². The van der Waals surface area contributed by atoms with Crippen molar-refractivity contribution in [2.24, 2.45) is 5.18 Å². The van der Waals surface area contributed by atoms with Gasteiger partial charge in [0.05, 0.1) is 13.0 Å². The van der Waals surface area contributed by atoms with Crippen LogP contribution in [0.4, 0.5) is 0 Å². The van der Waals surface area contributed by atoms with Crippen LogP contribution in [0.25, 0.3) is 11.1 Å². The third kappa shape index (κ3) is 3.56. The van der Waals surface area contributed by atoms with Gasteiger partial charge in [0.1, 0.15) is 11.8 Å². The summed E-state index contributed by atoms with van der Waals surface area (Å²) >= 11 is 0. The van der Waals surface area contributed by atoms with Crippen molar-refractivity contribution >= 4 is 5.97 Å². The normalized spacial score (nSPS) is 13.2. The van der Waals surface area contributed by atoms with E-state index in [-0.39, 0.29) is 0 Å². The maximum absolute atomic E-state index is 11.3. The number of carboxylic acid groups (broad SMARTS) is 1. The number of methoxy groups -OCH3 is 1. The van der Waals surface area contributed by atoms with E-state index >= 15 is 0 Å². The molecule has 0 fully saturated rings. The van der Waals surface area contributed by atoms with Crippen molar-refractivity contribution in [1.29, 1.82) is 0 Å². The van der Waals surface area contributed by atoms with Crippen LogP contribution in [0.3, 0.4) is 0 Å². The molecule has 2 aromatic rings. The van der Waals surface area contributed by atoms with Gasteiger partial charge in [-0.05, 0) is 48.7 Å². The molecule has 2 aromatic carbocycles. The lowest BCUT2D eigenvalue weighted by Gasteiger charge is -2.14. The van der Waals surface area contributed by atoms with Gasteiger partial charge in [0.25, 0.3) is 0 Å². The minimum atomic E-state index is -0.909. The van der Waals surface area contributed by atoms with Crippen LogP contribution in [0, 0.1) is 4.91 Å². The smallest absolute Gasteiger partial charge is 0.310 e. The van der Waals surface area contributed by atoms with E-state index in [1.807, 2.05) is 36.4 Å². The molecule has 0 aliphatic heterocycles. The van der Waals surface area contributed by atoms with Gasteiger partial charge in [0, 0.05) is 5.56 Å². The number of carbonyl (C=O) groups is 1. The van der Waals surface area contributed by atoms with Crippen molar-refractivity contribution in [3.05, 3.63) is 58.5 Å². The van der Waals surface area contributed by atoms with Crippen LogP contribution < -0.4 is 4.74 Å². The summed E-state index contributed by atoms with van der Waals surface area (Å²) in [5.74, 6) is -1.04. The molecule has 2 rings (SSSR count). The van der Waals surface area contributed by atoms with Gasteiger partial charge in [-0.25, -0.2) is 0 Å². The monoisotopic (exact) mass is 313 g/mol. The molecule has 23 heavy (non-hydrogen) atoms. The second-order valence-corrected chi connectivity index (χ2v) is 5.42. The highest BCUT2D eigenvalue weighted by atomic mass is 16.5. The van der Waals surface area contributed by atoms with Gasteiger partial charge >= 0.3 is 5.97 Å². The molecule has 120 valence electrons. The van der Waals surface area contributed by atoms with Crippen molar-refractivity contribution in [2.45, 2.75) is 25.8 Å². The third-order valence-corrected chi connectivity index (χ3v) is 3.93. The zero-order valence-corrected chi connectivity index (χ0v) is 13.3.